The van der Waals surface area contributed by atoms with Crippen molar-refractivity contribution in [2.45, 2.75) is 25.5 Å². The number of hydrogen-bond acceptors (Lipinski definition) is 5. The van der Waals surface area contributed by atoms with Gasteiger partial charge in [0, 0.05) is 6.61 Å². The van der Waals surface area contributed by atoms with Gasteiger partial charge in [0.25, 0.3) is 0 Å². The second kappa shape index (κ2) is 11.4. The van der Waals surface area contributed by atoms with Crippen molar-refractivity contribution in [3.8, 4) is 0 Å². The van der Waals surface area contributed by atoms with E-state index in [-0.39, 0.29) is 25.5 Å². The molecule has 0 aliphatic heterocycles. The molecule has 5 nitrogen and oxygen atoms in total. The molecule has 0 saturated carbocycles. The third kappa shape index (κ3) is 5.13. The molecule has 1 N–H and O–H groups in total. The van der Waals surface area contributed by atoms with Gasteiger partial charge in [0.15, 0.2) is 5.78 Å². The minimum absolute atomic E-state index is 0.0812. The maximum atomic E-state index is 13.1. The van der Waals surface area contributed by atoms with Gasteiger partial charge in [-0.25, -0.2) is 4.79 Å². The lowest BCUT2D eigenvalue weighted by molar-refractivity contribution is -0.160. The van der Waals surface area contributed by atoms with Gasteiger partial charge in [-0.2, -0.15) is 0 Å². The van der Waals surface area contributed by atoms with Gasteiger partial charge in [-0.05, 0) is 30.5 Å². The van der Waals surface area contributed by atoms with Crippen LogP contribution in [0.5, 0.6) is 0 Å². The molecule has 0 amide bonds. The molecular weight excluding hydrogens is 402 g/mol. The highest BCUT2D eigenvalue weighted by molar-refractivity contribution is 6.03. The normalized spacial score (nSPS) is 12.2. The second-order valence-corrected chi connectivity index (χ2v) is 7.26. The Bertz CT molecular complexity index is 893. The summed E-state index contributed by atoms with van der Waals surface area (Å²) >= 11 is 0. The highest BCUT2D eigenvalue weighted by Crippen LogP contribution is 2.36. The van der Waals surface area contributed by atoms with E-state index in [4.69, 9.17) is 9.47 Å². The molecular formula is C27H29NO4. The number of nitrogens with one attached hydrogen (secondary N) is 1. The predicted molar refractivity (Wildman–Crippen MR) is 124 cm³/mol. The number of esters is 1. The van der Waals surface area contributed by atoms with E-state index in [0.717, 1.165) is 16.7 Å². The Kier molecular flexibility index (Phi) is 8.31. The molecule has 0 bridgehead atoms. The van der Waals surface area contributed by atoms with E-state index in [1.165, 1.54) is 0 Å². The van der Waals surface area contributed by atoms with Gasteiger partial charge in [0.2, 0.25) is 6.10 Å². The van der Waals surface area contributed by atoms with Gasteiger partial charge in [0.05, 0.1) is 18.7 Å². The number of ketones is 1. The molecule has 3 rings (SSSR count). The molecule has 1 atom stereocenters. The molecule has 32 heavy (non-hydrogen) atoms. The number of ether oxygens (including phenoxy) is 2. The first kappa shape index (κ1) is 23.4. The number of carbonyl (C=O) groups is 2. The van der Waals surface area contributed by atoms with Gasteiger partial charge in [-0.3, -0.25) is 10.1 Å². The van der Waals surface area contributed by atoms with E-state index in [0.29, 0.717) is 0 Å². The maximum Gasteiger partial charge on any atom is 0.343 e. The van der Waals surface area contributed by atoms with E-state index in [2.05, 4.69) is 5.32 Å². The van der Waals surface area contributed by atoms with Crippen LogP contribution < -0.4 is 5.32 Å². The van der Waals surface area contributed by atoms with Gasteiger partial charge >= 0.3 is 5.97 Å². The molecule has 3 aromatic carbocycles. The quantitative estimate of drug-likeness (QED) is 0.281. The van der Waals surface area contributed by atoms with E-state index in [9.17, 15) is 9.59 Å². The maximum absolute atomic E-state index is 13.1. The number of carbonyl (C=O) groups excluding carboxylic acids is 2. The zero-order chi connectivity index (χ0) is 22.8. The van der Waals surface area contributed by atoms with Crippen molar-refractivity contribution in [3.63, 3.8) is 0 Å². The Morgan fingerprint density at radius 2 is 1.19 bits per heavy atom. The van der Waals surface area contributed by atoms with Crippen LogP contribution in [0.4, 0.5) is 0 Å². The summed E-state index contributed by atoms with van der Waals surface area (Å²) < 4.78 is 10.5. The smallest absolute Gasteiger partial charge is 0.343 e. The molecule has 3 aromatic rings. The van der Waals surface area contributed by atoms with Crippen molar-refractivity contribution >= 4 is 11.8 Å². The Balaban J connectivity index is 2.05. The largest absolute Gasteiger partial charge is 0.464 e. The van der Waals surface area contributed by atoms with E-state index < -0.39 is 17.6 Å². The van der Waals surface area contributed by atoms with Crippen LogP contribution in [-0.4, -0.2) is 37.6 Å². The number of hydrogen-bond donors (Lipinski definition) is 1. The molecule has 0 saturated heterocycles. The van der Waals surface area contributed by atoms with E-state index in [1.807, 2.05) is 91.0 Å². The van der Waals surface area contributed by atoms with Crippen LogP contribution >= 0.6 is 0 Å². The first-order valence-electron chi connectivity index (χ1n) is 10.9. The lowest BCUT2D eigenvalue weighted by atomic mass is 9.77. The zero-order valence-electron chi connectivity index (χ0n) is 18.5. The molecule has 0 aromatic heterocycles. The van der Waals surface area contributed by atoms with Crippen molar-refractivity contribution < 1.29 is 19.1 Å². The Morgan fingerprint density at radius 1 is 0.750 bits per heavy atom. The molecule has 0 fully saturated rings. The Hall–Kier alpha value is -3.28. The Morgan fingerprint density at radius 3 is 1.56 bits per heavy atom. The van der Waals surface area contributed by atoms with Gasteiger partial charge in [-0.1, -0.05) is 91.0 Å². The van der Waals surface area contributed by atoms with Gasteiger partial charge < -0.3 is 9.47 Å². The average Bonchev–Trinajstić information content (AvgIpc) is 2.85. The third-order valence-electron chi connectivity index (χ3n) is 5.27. The minimum atomic E-state index is -1.26. The lowest BCUT2D eigenvalue weighted by Gasteiger charge is -2.37. The standard InChI is InChI=1S/C27H29NO4/c1-3-31-25(26(30)32-4-2)24(29)20-28-27(21-14-8-5-9-15-21,22-16-10-6-11-17-22)23-18-12-7-13-19-23/h5-19,25,28H,3-4,20H2,1-2H3. The van der Waals surface area contributed by atoms with Crippen molar-refractivity contribution in [1.29, 1.82) is 0 Å². The van der Waals surface area contributed by atoms with Crippen molar-refractivity contribution in [1.82, 2.24) is 5.32 Å². The van der Waals surface area contributed by atoms with Crippen LogP contribution in [0.15, 0.2) is 91.0 Å². The first-order valence-corrected chi connectivity index (χ1v) is 10.9. The molecule has 0 heterocycles. The highest BCUT2D eigenvalue weighted by Gasteiger charge is 2.38. The molecule has 0 radical (unpaired) electrons. The second-order valence-electron chi connectivity index (χ2n) is 7.26. The summed E-state index contributed by atoms with van der Waals surface area (Å²) in [5.41, 5.74) is 2.14. The summed E-state index contributed by atoms with van der Waals surface area (Å²) in [7, 11) is 0. The monoisotopic (exact) mass is 431 g/mol. The van der Waals surface area contributed by atoms with Gasteiger partial charge in [0.1, 0.15) is 0 Å². The van der Waals surface area contributed by atoms with Crippen molar-refractivity contribution in [3.05, 3.63) is 108 Å². The lowest BCUT2D eigenvalue weighted by Crippen LogP contribution is -2.49. The average molecular weight is 432 g/mol. The minimum Gasteiger partial charge on any atom is -0.464 e. The zero-order valence-corrected chi connectivity index (χ0v) is 18.5. The van der Waals surface area contributed by atoms with Crippen LogP contribution in [0.1, 0.15) is 30.5 Å². The third-order valence-corrected chi connectivity index (χ3v) is 5.27. The van der Waals surface area contributed by atoms with Crippen LogP contribution in [-0.2, 0) is 24.6 Å². The topological polar surface area (TPSA) is 64.6 Å². The molecule has 0 spiro atoms. The highest BCUT2D eigenvalue weighted by atomic mass is 16.6. The van der Waals surface area contributed by atoms with Crippen molar-refractivity contribution in [2.75, 3.05) is 19.8 Å². The summed E-state index contributed by atoms with van der Waals surface area (Å²) in [4.78, 5) is 25.4. The van der Waals surface area contributed by atoms with Crippen LogP contribution in [0.2, 0.25) is 0 Å². The fourth-order valence-corrected chi connectivity index (χ4v) is 3.86. The molecule has 5 heteroatoms. The predicted octanol–water partition coefficient (Wildman–Crippen LogP) is 4.11. The number of Topliss-reactive ketones (excluding diaryl/α,β-unsaturated/α-hetero) is 1. The Labute approximate surface area is 189 Å². The molecule has 166 valence electrons. The van der Waals surface area contributed by atoms with Crippen LogP contribution in [0.25, 0.3) is 0 Å². The molecule has 0 aliphatic rings. The summed E-state index contributed by atoms with van der Waals surface area (Å²) in [5, 5.41) is 3.48. The van der Waals surface area contributed by atoms with E-state index >= 15 is 0 Å². The van der Waals surface area contributed by atoms with Crippen LogP contribution in [0, 0.1) is 0 Å². The molecule has 0 aliphatic carbocycles. The SMILES string of the molecule is CCOC(=O)C(OCC)C(=O)CNC(c1ccccc1)(c1ccccc1)c1ccccc1. The first-order chi connectivity index (χ1) is 15.6. The number of rotatable bonds is 11. The van der Waals surface area contributed by atoms with E-state index in [1.54, 1.807) is 13.8 Å². The summed E-state index contributed by atoms with van der Waals surface area (Å²) in [6.45, 7) is 3.79. The molecule has 1 unspecified atom stereocenters. The van der Waals surface area contributed by atoms with Crippen LogP contribution in [0.3, 0.4) is 0 Å². The summed E-state index contributed by atoms with van der Waals surface area (Å²) in [6, 6.07) is 29.9. The summed E-state index contributed by atoms with van der Waals surface area (Å²) in [6.07, 6.45) is -1.26. The van der Waals surface area contributed by atoms with Crippen molar-refractivity contribution in [2.24, 2.45) is 0 Å². The fraction of sp³-hybridized carbons (Fsp3) is 0.259. The summed E-state index contributed by atoms with van der Waals surface area (Å²) in [5.74, 6) is -1.04. The fourth-order valence-electron chi connectivity index (χ4n) is 3.86. The number of benzene rings is 3. The van der Waals surface area contributed by atoms with Gasteiger partial charge in [-0.15, -0.1) is 0 Å².